The van der Waals surface area contributed by atoms with Gasteiger partial charge in [-0.25, -0.2) is 4.79 Å². The van der Waals surface area contributed by atoms with Crippen LogP contribution >= 0.6 is 0 Å². The molecule has 19 heavy (non-hydrogen) atoms. The Labute approximate surface area is 114 Å². The molecular formula is C13H24N2O4. The molecule has 0 unspecified atom stereocenters. The highest BCUT2D eigenvalue weighted by Gasteiger charge is 2.31. The Morgan fingerprint density at radius 3 is 1.95 bits per heavy atom. The zero-order valence-electron chi connectivity index (χ0n) is 12.2. The quantitative estimate of drug-likeness (QED) is 0.740. The lowest BCUT2D eigenvalue weighted by Crippen LogP contribution is -2.45. The number of amides is 3. The normalized spacial score (nSPS) is 10.9. The molecule has 0 bridgehead atoms. The summed E-state index contributed by atoms with van der Waals surface area (Å²) in [6.07, 6.45) is 1.39. The Kier molecular flexibility index (Phi) is 7.11. The van der Waals surface area contributed by atoms with Gasteiger partial charge in [-0.05, 0) is 26.7 Å². The van der Waals surface area contributed by atoms with Crippen molar-refractivity contribution in [3.8, 4) is 0 Å². The van der Waals surface area contributed by atoms with Crippen molar-refractivity contribution in [2.45, 2.75) is 47.0 Å². The fourth-order valence-electron chi connectivity index (χ4n) is 1.57. The number of carboxylic acids is 1. The zero-order chi connectivity index (χ0) is 15.1. The summed E-state index contributed by atoms with van der Waals surface area (Å²) in [4.78, 5) is 36.0. The van der Waals surface area contributed by atoms with Gasteiger partial charge in [-0.2, -0.15) is 0 Å². The number of urea groups is 1. The molecule has 6 heteroatoms. The van der Waals surface area contributed by atoms with Crippen LogP contribution in [0.3, 0.4) is 0 Å². The minimum Gasteiger partial charge on any atom is -0.481 e. The second-order valence-electron chi connectivity index (χ2n) is 5.21. The maximum absolute atomic E-state index is 11.8. The van der Waals surface area contributed by atoms with E-state index in [1.54, 1.807) is 4.90 Å². The van der Waals surface area contributed by atoms with Gasteiger partial charge < -0.3 is 10.0 Å². The highest BCUT2D eigenvalue weighted by atomic mass is 16.4. The van der Waals surface area contributed by atoms with E-state index in [1.807, 2.05) is 13.8 Å². The van der Waals surface area contributed by atoms with Crippen LogP contribution in [0.1, 0.15) is 47.0 Å². The highest BCUT2D eigenvalue weighted by Crippen LogP contribution is 2.20. The molecule has 0 spiro atoms. The topological polar surface area (TPSA) is 86.7 Å². The Balaban J connectivity index is 4.46. The number of carbonyl (C=O) groups is 3. The molecule has 0 aliphatic carbocycles. The first kappa shape index (κ1) is 17.4. The Hall–Kier alpha value is -1.59. The van der Waals surface area contributed by atoms with Crippen molar-refractivity contribution >= 4 is 17.9 Å². The van der Waals surface area contributed by atoms with Crippen LogP contribution < -0.4 is 5.32 Å². The number of carboxylic acid groups (broad SMARTS) is 1. The lowest BCUT2D eigenvalue weighted by Gasteiger charge is -2.23. The summed E-state index contributed by atoms with van der Waals surface area (Å²) in [7, 11) is 0. The van der Waals surface area contributed by atoms with E-state index in [0.29, 0.717) is 13.1 Å². The van der Waals surface area contributed by atoms with Crippen LogP contribution in [0.25, 0.3) is 0 Å². The highest BCUT2D eigenvalue weighted by molar-refractivity contribution is 5.96. The molecule has 110 valence electrons. The standard InChI is InChI=1S/C13H24N2O4/c1-5-7-15(8-6-2)12(19)14-10(16)9-13(3,4)11(17)18/h5-9H2,1-4H3,(H,17,18)(H,14,16,19). The minimum absolute atomic E-state index is 0.222. The molecule has 0 atom stereocenters. The number of carbonyl (C=O) groups excluding carboxylic acids is 2. The van der Waals surface area contributed by atoms with E-state index in [0.717, 1.165) is 12.8 Å². The molecule has 0 heterocycles. The van der Waals surface area contributed by atoms with E-state index in [9.17, 15) is 14.4 Å². The molecule has 0 aliphatic rings. The maximum atomic E-state index is 11.8. The summed E-state index contributed by atoms with van der Waals surface area (Å²) in [6.45, 7) is 7.96. The third kappa shape index (κ3) is 6.22. The van der Waals surface area contributed by atoms with E-state index in [2.05, 4.69) is 5.32 Å². The third-order valence-corrected chi connectivity index (χ3v) is 2.70. The van der Waals surface area contributed by atoms with Crippen molar-refractivity contribution in [2.75, 3.05) is 13.1 Å². The van der Waals surface area contributed by atoms with Crippen molar-refractivity contribution in [3.63, 3.8) is 0 Å². The third-order valence-electron chi connectivity index (χ3n) is 2.70. The molecule has 2 N–H and O–H groups in total. The van der Waals surface area contributed by atoms with Crippen LogP contribution in [-0.4, -0.2) is 41.0 Å². The van der Waals surface area contributed by atoms with Gasteiger partial charge in [0.15, 0.2) is 0 Å². The van der Waals surface area contributed by atoms with Crippen molar-refractivity contribution in [3.05, 3.63) is 0 Å². The number of nitrogens with one attached hydrogen (secondary N) is 1. The van der Waals surface area contributed by atoms with Gasteiger partial charge in [0, 0.05) is 19.5 Å². The largest absolute Gasteiger partial charge is 0.481 e. The first-order valence-electron chi connectivity index (χ1n) is 6.56. The predicted octanol–water partition coefficient (Wildman–Crippen LogP) is 1.85. The molecule has 0 saturated heterocycles. The van der Waals surface area contributed by atoms with Gasteiger partial charge in [0.05, 0.1) is 5.41 Å². The Morgan fingerprint density at radius 1 is 1.11 bits per heavy atom. The molecule has 0 aliphatic heterocycles. The van der Waals surface area contributed by atoms with Gasteiger partial charge in [0.1, 0.15) is 0 Å². The number of hydrogen-bond acceptors (Lipinski definition) is 3. The second-order valence-corrected chi connectivity index (χ2v) is 5.21. The molecule has 0 saturated carbocycles. The molecule has 0 aromatic rings. The van der Waals surface area contributed by atoms with E-state index < -0.39 is 23.3 Å². The van der Waals surface area contributed by atoms with Crippen molar-refractivity contribution in [1.82, 2.24) is 10.2 Å². The lowest BCUT2D eigenvalue weighted by atomic mass is 9.89. The van der Waals surface area contributed by atoms with E-state index >= 15 is 0 Å². The molecule has 3 amide bonds. The summed E-state index contributed by atoms with van der Waals surface area (Å²) < 4.78 is 0. The minimum atomic E-state index is -1.18. The van der Waals surface area contributed by atoms with Crippen LogP contribution in [0, 0.1) is 5.41 Å². The van der Waals surface area contributed by atoms with Gasteiger partial charge in [-0.15, -0.1) is 0 Å². The number of rotatable bonds is 7. The van der Waals surface area contributed by atoms with Crippen LogP contribution in [0.2, 0.25) is 0 Å². The van der Waals surface area contributed by atoms with Crippen LogP contribution in [0.4, 0.5) is 4.79 Å². The van der Waals surface area contributed by atoms with E-state index in [1.165, 1.54) is 13.8 Å². The van der Waals surface area contributed by atoms with Gasteiger partial charge in [-0.1, -0.05) is 13.8 Å². The van der Waals surface area contributed by atoms with Crippen LogP contribution in [-0.2, 0) is 9.59 Å². The fraction of sp³-hybridized carbons (Fsp3) is 0.769. The van der Waals surface area contributed by atoms with Gasteiger partial charge >= 0.3 is 12.0 Å². The summed E-state index contributed by atoms with van der Waals surface area (Å²) in [5, 5.41) is 11.2. The molecule has 0 radical (unpaired) electrons. The Morgan fingerprint density at radius 2 is 1.58 bits per heavy atom. The van der Waals surface area contributed by atoms with Gasteiger partial charge in [0.2, 0.25) is 5.91 Å². The zero-order valence-corrected chi connectivity index (χ0v) is 12.2. The lowest BCUT2D eigenvalue weighted by molar-refractivity contribution is -0.149. The molecule has 0 fully saturated rings. The van der Waals surface area contributed by atoms with Crippen molar-refractivity contribution in [1.29, 1.82) is 0 Å². The molecular weight excluding hydrogens is 248 g/mol. The van der Waals surface area contributed by atoms with Gasteiger partial charge in [-0.3, -0.25) is 14.9 Å². The second kappa shape index (κ2) is 7.76. The number of nitrogens with zero attached hydrogens (tertiary/aromatic N) is 1. The summed E-state index contributed by atoms with van der Waals surface area (Å²) in [5.41, 5.74) is -1.18. The smallest absolute Gasteiger partial charge is 0.324 e. The summed E-state index contributed by atoms with van der Waals surface area (Å²) in [5.74, 6) is -1.62. The average molecular weight is 272 g/mol. The first-order chi connectivity index (χ1) is 8.74. The maximum Gasteiger partial charge on any atom is 0.324 e. The predicted molar refractivity (Wildman–Crippen MR) is 71.7 cm³/mol. The SMILES string of the molecule is CCCN(CCC)C(=O)NC(=O)CC(C)(C)C(=O)O. The van der Waals surface area contributed by atoms with Crippen LogP contribution in [0.5, 0.6) is 0 Å². The number of imide groups is 1. The van der Waals surface area contributed by atoms with E-state index in [4.69, 9.17) is 5.11 Å². The summed E-state index contributed by atoms with van der Waals surface area (Å²) >= 11 is 0. The molecule has 0 aromatic heterocycles. The van der Waals surface area contributed by atoms with E-state index in [-0.39, 0.29) is 6.42 Å². The fourth-order valence-corrected chi connectivity index (χ4v) is 1.57. The monoisotopic (exact) mass is 272 g/mol. The first-order valence-corrected chi connectivity index (χ1v) is 6.56. The molecule has 0 aromatic carbocycles. The average Bonchev–Trinajstić information content (AvgIpc) is 2.27. The van der Waals surface area contributed by atoms with Crippen molar-refractivity contribution in [2.24, 2.45) is 5.41 Å². The molecule has 6 nitrogen and oxygen atoms in total. The summed E-state index contributed by atoms with van der Waals surface area (Å²) in [6, 6.07) is -0.449. The Bertz CT molecular complexity index is 334. The molecule has 0 rings (SSSR count). The number of aliphatic carboxylic acids is 1. The van der Waals surface area contributed by atoms with Gasteiger partial charge in [0.25, 0.3) is 0 Å². The van der Waals surface area contributed by atoms with Crippen molar-refractivity contribution < 1.29 is 19.5 Å². The number of hydrogen-bond donors (Lipinski definition) is 2. The van der Waals surface area contributed by atoms with Crippen LogP contribution in [0.15, 0.2) is 0 Å².